The first-order chi connectivity index (χ1) is 16.1. The molecule has 0 spiro atoms. The van der Waals surface area contributed by atoms with E-state index in [-0.39, 0.29) is 5.82 Å². The number of hydrogen-bond donors (Lipinski definition) is 1. The minimum atomic E-state index is -0.400. The Bertz CT molecular complexity index is 1710. The van der Waals surface area contributed by atoms with E-state index in [0.717, 1.165) is 28.2 Å². The second-order valence-electron chi connectivity index (χ2n) is 8.28. The van der Waals surface area contributed by atoms with Gasteiger partial charge in [0.05, 0.1) is 28.1 Å². The van der Waals surface area contributed by atoms with Gasteiger partial charge in [-0.25, -0.2) is 18.8 Å². The Morgan fingerprint density at radius 3 is 2.42 bits per heavy atom. The third kappa shape index (κ3) is 2.72. The Balaban J connectivity index is 1.67. The average molecular weight is 431 g/mol. The molecule has 4 heterocycles. The summed E-state index contributed by atoms with van der Waals surface area (Å²) in [7, 11) is 0. The minimum absolute atomic E-state index is 0.388. The van der Waals surface area contributed by atoms with Crippen LogP contribution in [0, 0.1) is 11.6 Å². The van der Waals surface area contributed by atoms with E-state index in [9.17, 15) is 8.78 Å². The Morgan fingerprint density at radius 1 is 0.727 bits per heavy atom. The van der Waals surface area contributed by atoms with Crippen molar-refractivity contribution in [2.24, 2.45) is 4.99 Å². The van der Waals surface area contributed by atoms with Gasteiger partial charge < -0.3 is 5.32 Å². The monoisotopic (exact) mass is 431 g/mol. The molecule has 0 unspecified atom stereocenters. The van der Waals surface area contributed by atoms with Crippen LogP contribution in [-0.4, -0.2) is 4.98 Å². The van der Waals surface area contributed by atoms with Crippen molar-refractivity contribution >= 4 is 17.1 Å². The molecule has 5 heteroatoms. The second kappa shape index (κ2) is 6.56. The van der Waals surface area contributed by atoms with Gasteiger partial charge >= 0.3 is 0 Å². The van der Waals surface area contributed by atoms with E-state index in [0.29, 0.717) is 38.7 Å². The fourth-order valence-electron chi connectivity index (χ4n) is 4.75. The van der Waals surface area contributed by atoms with Crippen LogP contribution in [0.5, 0.6) is 0 Å². The molecule has 8 bridgehead atoms. The number of pyridine rings is 1. The van der Waals surface area contributed by atoms with E-state index < -0.39 is 5.82 Å². The van der Waals surface area contributed by atoms with Crippen LogP contribution in [0.3, 0.4) is 0 Å². The number of nitrogens with zero attached hydrogens (tertiary/aromatic N) is 2. The molecule has 0 aliphatic carbocycles. The van der Waals surface area contributed by atoms with E-state index >= 15 is 0 Å². The Kier molecular flexibility index (Phi) is 3.62. The van der Waals surface area contributed by atoms with Crippen LogP contribution in [0.25, 0.3) is 44.9 Å². The zero-order chi connectivity index (χ0) is 22.1. The van der Waals surface area contributed by atoms with E-state index in [1.165, 1.54) is 24.3 Å². The molecular weight excluding hydrogens is 416 g/mol. The summed E-state index contributed by atoms with van der Waals surface area (Å²) >= 11 is 0. The van der Waals surface area contributed by atoms with Crippen LogP contribution in [0.1, 0.15) is 5.69 Å². The summed E-state index contributed by atoms with van der Waals surface area (Å²) in [6.07, 6.45) is 5.74. The van der Waals surface area contributed by atoms with Crippen molar-refractivity contribution in [2.45, 2.75) is 0 Å². The van der Waals surface area contributed by atoms with Gasteiger partial charge in [-0.3, -0.25) is 0 Å². The van der Waals surface area contributed by atoms with Crippen molar-refractivity contribution in [1.29, 1.82) is 0 Å². The van der Waals surface area contributed by atoms with E-state index in [1.807, 2.05) is 60.7 Å². The summed E-state index contributed by atoms with van der Waals surface area (Å²) in [6, 6.07) is 19.5. The Hall–Kier alpha value is -4.38. The predicted octanol–water partition coefficient (Wildman–Crippen LogP) is 5.25. The molecule has 1 aromatic heterocycles. The number of hydrogen-bond acceptors (Lipinski definition) is 3. The quantitative estimate of drug-likeness (QED) is 0.364. The minimum Gasteiger partial charge on any atom is -0.353 e. The van der Waals surface area contributed by atoms with Crippen molar-refractivity contribution in [1.82, 2.24) is 10.3 Å². The van der Waals surface area contributed by atoms with Crippen molar-refractivity contribution in [3.05, 3.63) is 113 Å². The lowest BCUT2D eigenvalue weighted by molar-refractivity contribution is 0.625. The van der Waals surface area contributed by atoms with E-state index in [4.69, 9.17) is 9.98 Å². The number of nitrogens with one attached hydrogen (secondary N) is 1. The molecule has 0 amide bonds. The van der Waals surface area contributed by atoms with Crippen molar-refractivity contribution in [2.75, 3.05) is 0 Å². The molecule has 1 N–H and O–H groups in total. The van der Waals surface area contributed by atoms with Gasteiger partial charge in [0.2, 0.25) is 0 Å². The Labute approximate surface area is 187 Å². The molecule has 156 valence electrons. The average Bonchev–Trinajstić information content (AvgIpc) is 3.21. The van der Waals surface area contributed by atoms with Gasteiger partial charge in [0.15, 0.2) is 0 Å². The lowest BCUT2D eigenvalue weighted by Crippen LogP contribution is -2.32. The standard InChI is InChI=1S/C28H15F2N3/c29-17-11-19-15-4-1-5-16(10-15)23-6-2-8-25(31-23)26-9-3-7-24(32-26)22-14-18(30)13-21-20(12-17)27(19)33-28(21)22/h1-14,32H. The first-order valence-corrected chi connectivity index (χ1v) is 10.6. The lowest BCUT2D eigenvalue weighted by atomic mass is 9.95. The first kappa shape index (κ1) is 18.2. The van der Waals surface area contributed by atoms with Crippen LogP contribution in [-0.2, 0) is 0 Å². The van der Waals surface area contributed by atoms with E-state index in [1.54, 1.807) is 0 Å². The maximum Gasteiger partial charge on any atom is 0.124 e. The molecule has 3 aliphatic rings. The highest BCUT2D eigenvalue weighted by Crippen LogP contribution is 2.42. The van der Waals surface area contributed by atoms with Gasteiger partial charge in [-0.1, -0.05) is 30.3 Å². The molecule has 0 radical (unpaired) electrons. The summed E-state index contributed by atoms with van der Waals surface area (Å²) < 4.78 is 29.6. The topological polar surface area (TPSA) is 37.3 Å². The summed E-state index contributed by atoms with van der Waals surface area (Å²) in [5, 5.41) is 4.65. The maximum atomic E-state index is 14.8. The van der Waals surface area contributed by atoms with Gasteiger partial charge in [0, 0.05) is 33.2 Å². The second-order valence-corrected chi connectivity index (χ2v) is 8.28. The molecule has 0 saturated carbocycles. The molecule has 0 fully saturated rings. The predicted molar refractivity (Wildman–Crippen MR) is 125 cm³/mol. The summed E-state index contributed by atoms with van der Waals surface area (Å²) in [5.41, 5.74) is 7.34. The highest BCUT2D eigenvalue weighted by molar-refractivity contribution is 5.92. The van der Waals surface area contributed by atoms with Gasteiger partial charge in [-0.05, 0) is 60.2 Å². The third-order valence-corrected chi connectivity index (χ3v) is 6.24. The summed E-state index contributed by atoms with van der Waals surface area (Å²) in [4.78, 5) is 9.78. The Morgan fingerprint density at radius 2 is 1.48 bits per heavy atom. The highest BCUT2D eigenvalue weighted by Gasteiger charge is 2.23. The molecule has 0 atom stereocenters. The van der Waals surface area contributed by atoms with Crippen LogP contribution in [0.15, 0.2) is 90.0 Å². The molecule has 3 aliphatic heterocycles. The zero-order valence-corrected chi connectivity index (χ0v) is 17.2. The number of dihydropyridines is 1. The van der Waals surface area contributed by atoms with Crippen LogP contribution >= 0.6 is 0 Å². The number of aromatic nitrogens is 1. The van der Waals surface area contributed by atoms with Crippen LogP contribution in [0.4, 0.5) is 14.5 Å². The lowest BCUT2D eigenvalue weighted by Gasteiger charge is -2.16. The third-order valence-electron chi connectivity index (χ3n) is 6.24. The van der Waals surface area contributed by atoms with Crippen molar-refractivity contribution in [3.8, 4) is 33.5 Å². The van der Waals surface area contributed by atoms with Gasteiger partial charge in [0.25, 0.3) is 0 Å². The highest BCUT2D eigenvalue weighted by atomic mass is 19.1. The number of allylic oxidation sites excluding steroid dienone is 2. The maximum absolute atomic E-state index is 14.8. The largest absolute Gasteiger partial charge is 0.353 e. The summed E-state index contributed by atoms with van der Waals surface area (Å²) in [6.45, 7) is 0. The first-order valence-electron chi connectivity index (χ1n) is 10.6. The van der Waals surface area contributed by atoms with Crippen LogP contribution < -0.4 is 15.9 Å². The number of benzene rings is 3. The molecular formula is C28H15F2N3. The molecule has 7 rings (SSSR count). The van der Waals surface area contributed by atoms with Gasteiger partial charge in [-0.15, -0.1) is 0 Å². The summed E-state index contributed by atoms with van der Waals surface area (Å²) in [5.74, 6) is -0.788. The SMILES string of the molecule is Fc1cc2c3c(c1)-c1cc(F)cc(c1=N3)=C1C=CC=C(N1)c1cccc(n1)-c1cccc-2c1. The zero-order valence-electron chi connectivity index (χ0n) is 17.2. The molecule has 3 nitrogen and oxygen atoms in total. The molecule has 33 heavy (non-hydrogen) atoms. The molecule has 4 aromatic rings. The van der Waals surface area contributed by atoms with Crippen molar-refractivity contribution < 1.29 is 8.78 Å². The molecule has 3 aromatic carbocycles. The van der Waals surface area contributed by atoms with Crippen molar-refractivity contribution in [3.63, 3.8) is 0 Å². The smallest absolute Gasteiger partial charge is 0.124 e. The normalized spacial score (nSPS) is 14.2. The number of rotatable bonds is 0. The van der Waals surface area contributed by atoms with Gasteiger partial charge in [0.1, 0.15) is 11.6 Å². The molecule has 0 saturated heterocycles. The van der Waals surface area contributed by atoms with Crippen LogP contribution in [0.2, 0.25) is 0 Å². The van der Waals surface area contributed by atoms with Gasteiger partial charge in [-0.2, -0.15) is 0 Å². The number of fused-ring (bicyclic) bond motifs is 10. The van der Waals surface area contributed by atoms with E-state index in [2.05, 4.69) is 5.32 Å². The fraction of sp³-hybridized carbons (Fsp3) is 0. The number of halogens is 2. The fourth-order valence-corrected chi connectivity index (χ4v) is 4.75.